The van der Waals surface area contributed by atoms with E-state index in [1.165, 1.54) is 63.6 Å². The highest BCUT2D eigenvalue weighted by atomic mass is 32.2. The van der Waals surface area contributed by atoms with Crippen molar-refractivity contribution in [3.8, 4) is 17.2 Å². The van der Waals surface area contributed by atoms with Crippen LogP contribution < -0.4 is 23.8 Å². The SMILES string of the molecule is CC[C@@H](C(=O)NC)N(Cc1cccc(OC)c1)C(=O)CN(c1ccc(F)cc1)S(=O)(=O)c1ccc(OC)c(OC)c1. The molecule has 0 saturated heterocycles. The molecule has 41 heavy (non-hydrogen) atoms. The van der Waals surface area contributed by atoms with Crippen LogP contribution in [-0.2, 0) is 26.2 Å². The van der Waals surface area contributed by atoms with Crippen LogP contribution in [0.5, 0.6) is 17.2 Å². The zero-order chi connectivity index (χ0) is 30.2. The van der Waals surface area contributed by atoms with Gasteiger partial charge in [-0.1, -0.05) is 19.1 Å². The Morgan fingerprint density at radius 3 is 2.20 bits per heavy atom. The Morgan fingerprint density at radius 1 is 0.927 bits per heavy atom. The molecule has 0 fully saturated rings. The van der Waals surface area contributed by atoms with Crippen molar-refractivity contribution in [2.75, 3.05) is 39.2 Å². The number of hydrogen-bond donors (Lipinski definition) is 1. The van der Waals surface area contributed by atoms with Gasteiger partial charge in [-0.3, -0.25) is 13.9 Å². The molecule has 12 heteroatoms. The molecule has 3 rings (SSSR count). The van der Waals surface area contributed by atoms with Gasteiger partial charge in [0.05, 0.1) is 31.9 Å². The summed E-state index contributed by atoms with van der Waals surface area (Å²) in [5.41, 5.74) is 0.736. The molecule has 10 nitrogen and oxygen atoms in total. The average Bonchev–Trinajstić information content (AvgIpc) is 2.99. The Kier molecular flexibility index (Phi) is 10.5. The number of carbonyl (C=O) groups is 2. The van der Waals surface area contributed by atoms with Crippen LogP contribution in [0.3, 0.4) is 0 Å². The first-order valence-electron chi connectivity index (χ1n) is 12.7. The summed E-state index contributed by atoms with van der Waals surface area (Å²) in [6, 6.07) is 14.9. The van der Waals surface area contributed by atoms with Gasteiger partial charge in [0.1, 0.15) is 24.2 Å². The number of nitrogens with zero attached hydrogens (tertiary/aromatic N) is 2. The van der Waals surface area contributed by atoms with Crippen molar-refractivity contribution in [3.63, 3.8) is 0 Å². The van der Waals surface area contributed by atoms with Crippen molar-refractivity contribution < 1.29 is 36.6 Å². The third-order valence-corrected chi connectivity index (χ3v) is 8.23. The average molecular weight is 588 g/mol. The lowest BCUT2D eigenvalue weighted by molar-refractivity contribution is -0.140. The highest BCUT2D eigenvalue weighted by Gasteiger charge is 2.34. The molecule has 220 valence electrons. The molecule has 3 aromatic rings. The number of likely N-dealkylation sites (N-methyl/N-ethyl adjacent to an activating group) is 1. The van der Waals surface area contributed by atoms with Crippen molar-refractivity contribution in [2.45, 2.75) is 30.8 Å². The molecule has 1 atom stereocenters. The van der Waals surface area contributed by atoms with Crippen molar-refractivity contribution >= 4 is 27.5 Å². The van der Waals surface area contributed by atoms with Crippen molar-refractivity contribution in [2.24, 2.45) is 0 Å². The van der Waals surface area contributed by atoms with Crippen molar-refractivity contribution in [1.82, 2.24) is 10.2 Å². The summed E-state index contributed by atoms with van der Waals surface area (Å²) >= 11 is 0. The van der Waals surface area contributed by atoms with Crippen molar-refractivity contribution in [1.29, 1.82) is 0 Å². The number of ether oxygens (including phenoxy) is 3. The standard InChI is InChI=1S/C29H34FN3O7S/c1-6-25(29(35)31-2)32(18-20-8-7-9-23(16-20)38-3)28(34)19-33(22-12-10-21(30)11-13-22)41(36,37)24-14-15-26(39-4)27(17-24)40-5/h7-17,25H,6,18-19H2,1-5H3,(H,31,35)/t25-/m0/s1. The number of amides is 2. The van der Waals surface area contributed by atoms with E-state index in [9.17, 15) is 22.4 Å². The molecule has 0 heterocycles. The number of halogens is 1. The summed E-state index contributed by atoms with van der Waals surface area (Å²) in [5, 5.41) is 2.57. The van der Waals surface area contributed by atoms with Crippen LogP contribution in [0.2, 0.25) is 0 Å². The smallest absolute Gasteiger partial charge is 0.264 e. The van der Waals surface area contributed by atoms with Gasteiger partial charge in [0.15, 0.2) is 11.5 Å². The third kappa shape index (κ3) is 7.26. The number of methoxy groups -OCH3 is 3. The Bertz CT molecular complexity index is 1470. The maximum Gasteiger partial charge on any atom is 0.264 e. The monoisotopic (exact) mass is 587 g/mol. The number of hydrogen-bond acceptors (Lipinski definition) is 7. The third-order valence-electron chi connectivity index (χ3n) is 6.46. The van der Waals surface area contributed by atoms with Crippen LogP contribution in [0.1, 0.15) is 18.9 Å². The Hall–Kier alpha value is -4.32. The van der Waals surface area contributed by atoms with Gasteiger partial charge < -0.3 is 24.4 Å². The van der Waals surface area contributed by atoms with Crippen LogP contribution in [0, 0.1) is 5.82 Å². The van der Waals surface area contributed by atoms with Gasteiger partial charge in [0, 0.05) is 19.7 Å². The molecule has 3 aromatic carbocycles. The zero-order valence-electron chi connectivity index (χ0n) is 23.6. The normalized spacial score (nSPS) is 11.8. The Labute approximate surface area is 239 Å². The highest BCUT2D eigenvalue weighted by molar-refractivity contribution is 7.92. The number of rotatable bonds is 13. The number of nitrogens with one attached hydrogen (secondary N) is 1. The first-order valence-corrected chi connectivity index (χ1v) is 14.2. The van der Waals surface area contributed by atoms with Gasteiger partial charge in [0.2, 0.25) is 11.8 Å². The summed E-state index contributed by atoms with van der Waals surface area (Å²) in [5.74, 6) is -0.571. The van der Waals surface area contributed by atoms with E-state index < -0.39 is 40.2 Å². The first-order chi connectivity index (χ1) is 19.6. The zero-order valence-corrected chi connectivity index (χ0v) is 24.4. The minimum atomic E-state index is -4.39. The molecule has 2 amide bonds. The van der Waals surface area contributed by atoms with Crippen LogP contribution in [0.25, 0.3) is 0 Å². The van der Waals surface area contributed by atoms with Gasteiger partial charge in [-0.05, 0) is 60.5 Å². The number of carbonyl (C=O) groups excluding carboxylic acids is 2. The van der Waals surface area contributed by atoms with Gasteiger partial charge in [-0.25, -0.2) is 12.8 Å². The predicted octanol–water partition coefficient (Wildman–Crippen LogP) is 3.60. The molecule has 0 bridgehead atoms. The van der Waals surface area contributed by atoms with Crippen molar-refractivity contribution in [3.05, 3.63) is 78.1 Å². The van der Waals surface area contributed by atoms with Crippen LogP contribution in [-0.4, -0.2) is 66.1 Å². The van der Waals surface area contributed by atoms with Gasteiger partial charge >= 0.3 is 0 Å². The highest BCUT2D eigenvalue weighted by Crippen LogP contribution is 2.32. The van der Waals surface area contributed by atoms with E-state index in [0.29, 0.717) is 17.1 Å². The first kappa shape index (κ1) is 31.2. The molecule has 0 radical (unpaired) electrons. The Morgan fingerprint density at radius 2 is 1.61 bits per heavy atom. The molecule has 0 saturated carbocycles. The van der Waals surface area contributed by atoms with E-state index in [0.717, 1.165) is 16.4 Å². The largest absolute Gasteiger partial charge is 0.497 e. The molecule has 1 N–H and O–H groups in total. The molecule has 0 spiro atoms. The van der Waals surface area contributed by atoms with Gasteiger partial charge in [-0.15, -0.1) is 0 Å². The topological polar surface area (TPSA) is 114 Å². The lowest BCUT2D eigenvalue weighted by atomic mass is 10.1. The van der Waals surface area contributed by atoms with E-state index >= 15 is 0 Å². The number of sulfonamides is 1. The van der Waals surface area contributed by atoms with E-state index in [1.807, 2.05) is 0 Å². The molecule has 0 aliphatic rings. The fourth-order valence-electron chi connectivity index (χ4n) is 4.29. The summed E-state index contributed by atoms with van der Waals surface area (Å²) < 4.78 is 58.4. The van der Waals surface area contributed by atoms with Crippen LogP contribution in [0.4, 0.5) is 10.1 Å². The van der Waals surface area contributed by atoms with E-state index in [-0.39, 0.29) is 29.3 Å². The second kappa shape index (κ2) is 13.8. The summed E-state index contributed by atoms with van der Waals surface area (Å²) in [6.07, 6.45) is 0.272. The van der Waals surface area contributed by atoms with Gasteiger partial charge in [0.25, 0.3) is 10.0 Å². The Balaban J connectivity index is 2.09. The minimum absolute atomic E-state index is 0.00955. The fourth-order valence-corrected chi connectivity index (χ4v) is 5.72. The fraction of sp³-hybridized carbons (Fsp3) is 0.310. The molecular weight excluding hydrogens is 553 g/mol. The lowest BCUT2D eigenvalue weighted by Crippen LogP contribution is -2.51. The van der Waals surface area contributed by atoms with Crippen LogP contribution >= 0.6 is 0 Å². The molecule has 0 unspecified atom stereocenters. The summed E-state index contributed by atoms with van der Waals surface area (Å²) in [6.45, 7) is 1.10. The minimum Gasteiger partial charge on any atom is -0.497 e. The maximum absolute atomic E-state index is 14.0. The molecule has 0 aromatic heterocycles. The van der Waals surface area contributed by atoms with E-state index in [4.69, 9.17) is 14.2 Å². The number of anilines is 1. The van der Waals surface area contributed by atoms with E-state index in [2.05, 4.69) is 5.32 Å². The predicted molar refractivity (Wildman–Crippen MR) is 152 cm³/mol. The summed E-state index contributed by atoms with van der Waals surface area (Å²) in [7, 11) is 1.38. The second-order valence-corrected chi connectivity index (χ2v) is 10.8. The second-order valence-electron chi connectivity index (χ2n) is 8.92. The quantitative estimate of drug-likeness (QED) is 0.325. The van der Waals surface area contributed by atoms with E-state index in [1.54, 1.807) is 31.2 Å². The van der Waals surface area contributed by atoms with Gasteiger partial charge in [-0.2, -0.15) is 0 Å². The van der Waals surface area contributed by atoms with Crippen LogP contribution in [0.15, 0.2) is 71.6 Å². The maximum atomic E-state index is 14.0. The lowest BCUT2D eigenvalue weighted by Gasteiger charge is -2.33. The molecular formula is C29H34FN3O7S. The molecule has 0 aliphatic carbocycles. The molecule has 0 aliphatic heterocycles. The summed E-state index contributed by atoms with van der Waals surface area (Å²) in [4.78, 5) is 27.9. The number of benzene rings is 3.